The quantitative estimate of drug-likeness (QED) is 0.691. The van der Waals surface area contributed by atoms with Gasteiger partial charge in [-0.1, -0.05) is 54.1 Å². The molecule has 1 unspecified atom stereocenters. The molecular weight excluding hydrogens is 336 g/mol. The fraction of sp³-hybridized carbons (Fsp3) is 0.200. The number of aryl methyl sites for hydroxylation is 1. The zero-order valence-corrected chi connectivity index (χ0v) is 14.7. The van der Waals surface area contributed by atoms with Crippen LogP contribution in [0.5, 0.6) is 0 Å². The van der Waals surface area contributed by atoms with E-state index in [-0.39, 0.29) is 11.9 Å². The highest BCUT2D eigenvalue weighted by Crippen LogP contribution is 2.20. The van der Waals surface area contributed by atoms with Crippen LogP contribution < -0.4 is 5.32 Å². The van der Waals surface area contributed by atoms with Gasteiger partial charge < -0.3 is 9.73 Å². The van der Waals surface area contributed by atoms with Crippen molar-refractivity contribution in [2.24, 2.45) is 0 Å². The lowest BCUT2D eigenvalue weighted by molar-refractivity contribution is -0.121. The third-order valence-corrected chi connectivity index (χ3v) is 4.18. The first-order valence-corrected chi connectivity index (χ1v) is 8.54. The number of rotatable bonds is 6. The molecule has 0 saturated carbocycles. The van der Waals surface area contributed by atoms with Crippen LogP contribution in [-0.2, 0) is 11.2 Å². The summed E-state index contributed by atoms with van der Waals surface area (Å²) in [5, 5.41) is 3.65. The van der Waals surface area contributed by atoms with E-state index in [4.69, 9.17) is 16.0 Å². The number of oxazole rings is 1. The normalized spacial score (nSPS) is 11.9. The van der Waals surface area contributed by atoms with E-state index in [1.54, 1.807) is 6.20 Å². The van der Waals surface area contributed by atoms with E-state index in [0.29, 0.717) is 29.5 Å². The van der Waals surface area contributed by atoms with Crippen LogP contribution in [0.25, 0.3) is 11.3 Å². The molecule has 0 saturated heterocycles. The second-order valence-corrected chi connectivity index (χ2v) is 6.26. The van der Waals surface area contributed by atoms with Crippen molar-refractivity contribution in [3.05, 3.63) is 77.3 Å². The lowest BCUT2D eigenvalue weighted by Gasteiger charge is -2.14. The summed E-state index contributed by atoms with van der Waals surface area (Å²) in [6, 6.07) is 17.2. The largest absolute Gasteiger partial charge is 0.441 e. The first kappa shape index (κ1) is 17.2. The summed E-state index contributed by atoms with van der Waals surface area (Å²) in [5.41, 5.74) is 1.99. The molecule has 1 N–H and O–H groups in total. The summed E-state index contributed by atoms with van der Waals surface area (Å²) in [6.45, 7) is 1.94. The number of carbonyl (C=O) groups is 1. The number of carbonyl (C=O) groups excluding carboxylic acids is 1. The number of aromatic nitrogens is 1. The Balaban J connectivity index is 1.52. The van der Waals surface area contributed by atoms with Crippen molar-refractivity contribution in [3.8, 4) is 11.3 Å². The smallest absolute Gasteiger partial charge is 0.220 e. The van der Waals surface area contributed by atoms with Crippen molar-refractivity contribution >= 4 is 17.5 Å². The standard InChI is InChI=1S/C20H19ClN2O2/c1-14(15-7-9-17(21)10-8-15)23-19(24)11-12-20-22-13-18(25-20)16-5-3-2-4-6-16/h2-10,13-14H,11-12H2,1H3,(H,23,24). The molecule has 5 heteroatoms. The monoisotopic (exact) mass is 354 g/mol. The Morgan fingerprint density at radius 1 is 1.16 bits per heavy atom. The fourth-order valence-electron chi connectivity index (χ4n) is 2.53. The van der Waals surface area contributed by atoms with Gasteiger partial charge in [-0.05, 0) is 24.6 Å². The highest BCUT2D eigenvalue weighted by Gasteiger charge is 2.12. The van der Waals surface area contributed by atoms with E-state index < -0.39 is 0 Å². The second kappa shape index (κ2) is 7.99. The van der Waals surface area contributed by atoms with E-state index >= 15 is 0 Å². The number of benzene rings is 2. The van der Waals surface area contributed by atoms with Gasteiger partial charge in [0.25, 0.3) is 0 Å². The van der Waals surface area contributed by atoms with E-state index in [1.807, 2.05) is 61.5 Å². The molecule has 3 rings (SSSR count). The molecule has 0 fully saturated rings. The minimum Gasteiger partial charge on any atom is -0.441 e. The Hall–Kier alpha value is -2.59. The molecule has 1 atom stereocenters. The maximum Gasteiger partial charge on any atom is 0.220 e. The molecular formula is C20H19ClN2O2. The van der Waals surface area contributed by atoms with Gasteiger partial charge in [0, 0.05) is 23.4 Å². The summed E-state index contributed by atoms with van der Waals surface area (Å²) < 4.78 is 5.72. The zero-order valence-electron chi connectivity index (χ0n) is 13.9. The summed E-state index contributed by atoms with van der Waals surface area (Å²) >= 11 is 5.88. The second-order valence-electron chi connectivity index (χ2n) is 5.83. The van der Waals surface area contributed by atoms with Crippen LogP contribution in [0.4, 0.5) is 0 Å². The number of nitrogens with zero attached hydrogens (tertiary/aromatic N) is 1. The Morgan fingerprint density at radius 2 is 1.88 bits per heavy atom. The number of hydrogen-bond donors (Lipinski definition) is 1. The Morgan fingerprint density at radius 3 is 2.60 bits per heavy atom. The lowest BCUT2D eigenvalue weighted by atomic mass is 10.1. The third-order valence-electron chi connectivity index (χ3n) is 3.93. The first-order chi connectivity index (χ1) is 12.1. The maximum atomic E-state index is 12.1. The molecule has 1 amide bonds. The van der Waals surface area contributed by atoms with Crippen LogP contribution in [-0.4, -0.2) is 10.9 Å². The predicted molar refractivity (Wildman–Crippen MR) is 98.3 cm³/mol. The summed E-state index contributed by atoms with van der Waals surface area (Å²) in [4.78, 5) is 16.4. The molecule has 1 heterocycles. The van der Waals surface area contributed by atoms with Crippen LogP contribution in [0.3, 0.4) is 0 Å². The number of hydrogen-bond acceptors (Lipinski definition) is 3. The molecule has 128 valence electrons. The van der Waals surface area contributed by atoms with Crippen molar-refractivity contribution in [2.75, 3.05) is 0 Å². The number of halogens is 1. The van der Waals surface area contributed by atoms with Crippen molar-refractivity contribution < 1.29 is 9.21 Å². The van der Waals surface area contributed by atoms with Gasteiger partial charge in [-0.25, -0.2) is 4.98 Å². The average molecular weight is 355 g/mol. The first-order valence-electron chi connectivity index (χ1n) is 8.17. The highest BCUT2D eigenvalue weighted by molar-refractivity contribution is 6.30. The van der Waals surface area contributed by atoms with Gasteiger partial charge in [-0.3, -0.25) is 4.79 Å². The third kappa shape index (κ3) is 4.70. The minimum absolute atomic E-state index is 0.0399. The van der Waals surface area contributed by atoms with E-state index in [2.05, 4.69) is 10.3 Å². The maximum absolute atomic E-state index is 12.1. The van der Waals surface area contributed by atoms with Crippen molar-refractivity contribution in [2.45, 2.75) is 25.8 Å². The van der Waals surface area contributed by atoms with Crippen LogP contribution >= 0.6 is 11.6 Å². The van der Waals surface area contributed by atoms with Crippen molar-refractivity contribution in [1.29, 1.82) is 0 Å². The molecule has 4 nitrogen and oxygen atoms in total. The van der Waals surface area contributed by atoms with Crippen LogP contribution in [0, 0.1) is 0 Å². The van der Waals surface area contributed by atoms with Gasteiger partial charge >= 0.3 is 0 Å². The van der Waals surface area contributed by atoms with Gasteiger partial charge in [0.05, 0.1) is 12.2 Å². The molecule has 0 spiro atoms. The van der Waals surface area contributed by atoms with Crippen LogP contribution in [0.2, 0.25) is 5.02 Å². The van der Waals surface area contributed by atoms with Gasteiger partial charge in [0.15, 0.2) is 11.7 Å². The molecule has 0 radical (unpaired) electrons. The van der Waals surface area contributed by atoms with Crippen LogP contribution in [0.15, 0.2) is 65.2 Å². The van der Waals surface area contributed by atoms with Crippen molar-refractivity contribution in [3.63, 3.8) is 0 Å². The molecule has 3 aromatic rings. The van der Waals surface area contributed by atoms with Gasteiger partial charge in [-0.15, -0.1) is 0 Å². The molecule has 25 heavy (non-hydrogen) atoms. The molecule has 0 aliphatic rings. The highest BCUT2D eigenvalue weighted by atomic mass is 35.5. The topological polar surface area (TPSA) is 55.1 Å². The van der Waals surface area contributed by atoms with Gasteiger partial charge in [-0.2, -0.15) is 0 Å². The van der Waals surface area contributed by atoms with Gasteiger partial charge in [0.1, 0.15) is 0 Å². The fourth-order valence-corrected chi connectivity index (χ4v) is 2.66. The number of amides is 1. The Labute approximate surface area is 151 Å². The molecule has 0 aliphatic heterocycles. The molecule has 0 aliphatic carbocycles. The minimum atomic E-state index is -0.0748. The Bertz CT molecular complexity index is 828. The number of nitrogens with one attached hydrogen (secondary N) is 1. The SMILES string of the molecule is CC(NC(=O)CCc1ncc(-c2ccccc2)o1)c1ccc(Cl)cc1. The summed E-state index contributed by atoms with van der Waals surface area (Å²) in [7, 11) is 0. The van der Waals surface area contributed by atoms with E-state index in [1.165, 1.54) is 0 Å². The molecule has 2 aromatic carbocycles. The average Bonchev–Trinajstić information content (AvgIpc) is 3.10. The Kier molecular flexibility index (Phi) is 5.51. The summed E-state index contributed by atoms with van der Waals surface area (Å²) in [6.07, 6.45) is 2.48. The summed E-state index contributed by atoms with van der Waals surface area (Å²) in [5.74, 6) is 1.24. The van der Waals surface area contributed by atoms with E-state index in [9.17, 15) is 4.79 Å². The lowest BCUT2D eigenvalue weighted by Crippen LogP contribution is -2.26. The van der Waals surface area contributed by atoms with Gasteiger partial charge in [0.2, 0.25) is 5.91 Å². The molecule has 1 aromatic heterocycles. The zero-order chi connectivity index (χ0) is 17.6. The van der Waals surface area contributed by atoms with Crippen molar-refractivity contribution in [1.82, 2.24) is 10.3 Å². The van der Waals surface area contributed by atoms with E-state index in [0.717, 1.165) is 11.1 Å². The molecule has 0 bridgehead atoms. The predicted octanol–water partition coefficient (Wildman–Crippen LogP) is 4.81. The van der Waals surface area contributed by atoms with Crippen LogP contribution in [0.1, 0.15) is 30.8 Å².